The number of carbonyl (C=O) groups excluding carboxylic acids is 1. The molecule has 1 atom stereocenters. The molecule has 0 saturated carbocycles. The van der Waals surface area contributed by atoms with Crippen molar-refractivity contribution >= 4 is 5.91 Å². The number of nitrogens with one attached hydrogen (secondary N) is 1. The van der Waals surface area contributed by atoms with Crippen LogP contribution in [0.15, 0.2) is 0 Å². The van der Waals surface area contributed by atoms with Gasteiger partial charge in [-0.2, -0.15) is 0 Å². The summed E-state index contributed by atoms with van der Waals surface area (Å²) >= 11 is 0. The summed E-state index contributed by atoms with van der Waals surface area (Å²) in [5.41, 5.74) is 5.48. The Kier molecular flexibility index (Phi) is 4.33. The van der Waals surface area contributed by atoms with Gasteiger partial charge in [-0.05, 0) is 26.2 Å². The Morgan fingerprint density at radius 1 is 1.56 bits per heavy atom. The van der Waals surface area contributed by atoms with E-state index in [1.54, 1.807) is 0 Å². The van der Waals surface area contributed by atoms with E-state index < -0.39 is 0 Å². The highest BCUT2D eigenvalue weighted by Gasteiger charge is 2.34. The zero-order chi connectivity index (χ0) is 12.3. The Balaban J connectivity index is 2.59. The van der Waals surface area contributed by atoms with Gasteiger partial charge in [-0.15, -0.1) is 0 Å². The molecule has 1 aliphatic rings. The van der Waals surface area contributed by atoms with Crippen LogP contribution < -0.4 is 11.1 Å². The van der Waals surface area contributed by atoms with E-state index in [9.17, 15) is 4.79 Å². The molecule has 1 amide bonds. The maximum atomic E-state index is 11.1. The van der Waals surface area contributed by atoms with E-state index in [1.165, 1.54) is 0 Å². The fraction of sp³-hybridized carbons (Fsp3) is 0.917. The molecule has 4 nitrogen and oxygen atoms in total. The van der Waals surface area contributed by atoms with Gasteiger partial charge in [0.25, 0.3) is 0 Å². The van der Waals surface area contributed by atoms with E-state index >= 15 is 0 Å². The third kappa shape index (κ3) is 4.10. The molecule has 0 aliphatic carbocycles. The number of nitrogens with zero attached hydrogens (tertiary/aromatic N) is 1. The van der Waals surface area contributed by atoms with Crippen LogP contribution >= 0.6 is 0 Å². The summed E-state index contributed by atoms with van der Waals surface area (Å²) in [6, 6.07) is 0.435. The van der Waals surface area contributed by atoms with E-state index in [0.717, 1.165) is 19.5 Å². The lowest BCUT2D eigenvalue weighted by molar-refractivity contribution is -0.119. The molecule has 0 spiro atoms. The minimum atomic E-state index is -0.231. The maximum absolute atomic E-state index is 11.1. The highest BCUT2D eigenvalue weighted by molar-refractivity contribution is 5.76. The van der Waals surface area contributed by atoms with Crippen molar-refractivity contribution in [2.24, 2.45) is 11.7 Å². The molecule has 0 radical (unpaired) electrons. The molecule has 1 rings (SSSR count). The molecule has 1 aliphatic heterocycles. The van der Waals surface area contributed by atoms with Gasteiger partial charge in [0.05, 0.1) is 6.54 Å². The van der Waals surface area contributed by atoms with Crippen molar-refractivity contribution < 1.29 is 4.79 Å². The smallest absolute Gasteiger partial charge is 0.231 e. The summed E-state index contributed by atoms with van der Waals surface area (Å²) in [5.74, 6) is 0.327. The van der Waals surface area contributed by atoms with Gasteiger partial charge in [0, 0.05) is 24.7 Å². The quantitative estimate of drug-likeness (QED) is 0.722. The molecule has 16 heavy (non-hydrogen) atoms. The van der Waals surface area contributed by atoms with Crippen molar-refractivity contribution in [3.8, 4) is 0 Å². The average Bonchev–Trinajstić information content (AvgIpc) is 2.43. The average molecular weight is 227 g/mol. The molecule has 0 aromatic heterocycles. The normalized spacial score (nSPS) is 24.2. The molecule has 4 heteroatoms. The Morgan fingerprint density at radius 2 is 2.19 bits per heavy atom. The monoisotopic (exact) mass is 227 g/mol. The van der Waals surface area contributed by atoms with Gasteiger partial charge in [-0.25, -0.2) is 0 Å². The standard InChI is InChI=1S/C12H25N3O/c1-9(2)7-15(8-11(13)16)10-5-12(3,4)14-6-10/h9-10,14H,5-8H2,1-4H3,(H2,13,16). The summed E-state index contributed by atoms with van der Waals surface area (Å²) in [7, 11) is 0. The number of carbonyl (C=O) groups is 1. The minimum Gasteiger partial charge on any atom is -0.369 e. The van der Waals surface area contributed by atoms with Crippen LogP contribution in [0.2, 0.25) is 0 Å². The van der Waals surface area contributed by atoms with Gasteiger partial charge in [0.15, 0.2) is 0 Å². The van der Waals surface area contributed by atoms with Crippen LogP contribution in [0.1, 0.15) is 34.1 Å². The lowest BCUT2D eigenvalue weighted by Crippen LogP contribution is -2.44. The van der Waals surface area contributed by atoms with Gasteiger partial charge in [-0.1, -0.05) is 13.8 Å². The van der Waals surface area contributed by atoms with E-state index in [4.69, 9.17) is 5.73 Å². The van der Waals surface area contributed by atoms with Gasteiger partial charge < -0.3 is 11.1 Å². The molecule has 1 heterocycles. The van der Waals surface area contributed by atoms with Gasteiger partial charge in [0.2, 0.25) is 5.91 Å². The molecule has 3 N–H and O–H groups in total. The zero-order valence-electron chi connectivity index (χ0n) is 10.9. The van der Waals surface area contributed by atoms with Crippen LogP contribution in [-0.2, 0) is 4.79 Å². The molecule has 1 unspecified atom stereocenters. The predicted molar refractivity (Wildman–Crippen MR) is 66.1 cm³/mol. The lowest BCUT2D eigenvalue weighted by atomic mass is 10.00. The number of nitrogens with two attached hydrogens (primary N) is 1. The van der Waals surface area contributed by atoms with E-state index in [-0.39, 0.29) is 11.4 Å². The van der Waals surface area contributed by atoms with Crippen molar-refractivity contribution in [3.63, 3.8) is 0 Å². The second-order valence-corrected chi connectivity index (χ2v) is 5.91. The first-order valence-electron chi connectivity index (χ1n) is 6.07. The number of amides is 1. The predicted octanol–water partition coefficient (Wildman–Crippen LogP) is 0.570. The Hall–Kier alpha value is -0.610. The zero-order valence-corrected chi connectivity index (χ0v) is 10.9. The molecular formula is C12H25N3O. The molecule has 0 aromatic carbocycles. The van der Waals surface area contributed by atoms with Crippen molar-refractivity contribution in [1.82, 2.24) is 10.2 Å². The first kappa shape index (κ1) is 13.5. The largest absolute Gasteiger partial charge is 0.369 e. The maximum Gasteiger partial charge on any atom is 0.231 e. The fourth-order valence-electron chi connectivity index (χ4n) is 2.40. The van der Waals surface area contributed by atoms with E-state index in [0.29, 0.717) is 18.5 Å². The summed E-state index contributed by atoms with van der Waals surface area (Å²) in [6.45, 7) is 11.0. The molecule has 94 valence electrons. The number of hydrogen-bond donors (Lipinski definition) is 2. The molecule has 1 fully saturated rings. The highest BCUT2D eigenvalue weighted by Crippen LogP contribution is 2.22. The number of hydrogen-bond acceptors (Lipinski definition) is 3. The molecule has 0 bridgehead atoms. The molecule has 0 aromatic rings. The van der Waals surface area contributed by atoms with Crippen molar-refractivity contribution in [2.45, 2.75) is 45.7 Å². The summed E-state index contributed by atoms with van der Waals surface area (Å²) in [5, 5.41) is 3.48. The fourth-order valence-corrected chi connectivity index (χ4v) is 2.40. The first-order chi connectivity index (χ1) is 7.30. The minimum absolute atomic E-state index is 0.178. The highest BCUT2D eigenvalue weighted by atomic mass is 16.1. The SMILES string of the molecule is CC(C)CN(CC(N)=O)C1CNC(C)(C)C1. The molecular weight excluding hydrogens is 202 g/mol. The van der Waals surface area contributed by atoms with Crippen molar-refractivity contribution in [1.29, 1.82) is 0 Å². The third-order valence-electron chi connectivity index (χ3n) is 3.04. The second kappa shape index (κ2) is 5.15. The van der Waals surface area contributed by atoms with Gasteiger partial charge >= 0.3 is 0 Å². The van der Waals surface area contributed by atoms with Crippen molar-refractivity contribution in [3.05, 3.63) is 0 Å². The lowest BCUT2D eigenvalue weighted by Gasteiger charge is -2.29. The summed E-state index contributed by atoms with van der Waals surface area (Å²) < 4.78 is 0. The number of primary amides is 1. The molecule has 1 saturated heterocycles. The Bertz CT molecular complexity index is 251. The van der Waals surface area contributed by atoms with Crippen LogP contribution in [0.3, 0.4) is 0 Å². The van der Waals surface area contributed by atoms with E-state index in [2.05, 4.69) is 37.9 Å². The summed E-state index contributed by atoms with van der Waals surface area (Å²) in [4.78, 5) is 13.3. The van der Waals surface area contributed by atoms with Crippen LogP contribution in [0.25, 0.3) is 0 Å². The Morgan fingerprint density at radius 3 is 2.56 bits per heavy atom. The van der Waals surface area contributed by atoms with Gasteiger partial charge in [-0.3, -0.25) is 9.69 Å². The van der Waals surface area contributed by atoms with Crippen LogP contribution in [0.4, 0.5) is 0 Å². The van der Waals surface area contributed by atoms with Crippen LogP contribution in [-0.4, -0.2) is 42.0 Å². The second-order valence-electron chi connectivity index (χ2n) is 5.91. The van der Waals surface area contributed by atoms with E-state index in [1.807, 2.05) is 0 Å². The topological polar surface area (TPSA) is 58.4 Å². The summed E-state index contributed by atoms with van der Waals surface area (Å²) in [6.07, 6.45) is 1.08. The van der Waals surface area contributed by atoms with Gasteiger partial charge in [0.1, 0.15) is 0 Å². The van der Waals surface area contributed by atoms with Crippen LogP contribution in [0.5, 0.6) is 0 Å². The Labute approximate surface area is 98.6 Å². The number of rotatable bonds is 5. The third-order valence-corrected chi connectivity index (χ3v) is 3.04. The van der Waals surface area contributed by atoms with Crippen molar-refractivity contribution in [2.75, 3.05) is 19.6 Å². The first-order valence-corrected chi connectivity index (χ1v) is 6.07. The van der Waals surface area contributed by atoms with Crippen LogP contribution in [0, 0.1) is 5.92 Å².